The van der Waals surface area contributed by atoms with Gasteiger partial charge in [-0.1, -0.05) is 109 Å². The van der Waals surface area contributed by atoms with E-state index in [1.807, 2.05) is 12.1 Å². The molecule has 3 atom stereocenters. The lowest BCUT2D eigenvalue weighted by molar-refractivity contribution is -0.0172. The van der Waals surface area contributed by atoms with Crippen molar-refractivity contribution >= 4 is 0 Å². The van der Waals surface area contributed by atoms with Crippen LogP contribution in [-0.2, 0) is 12.8 Å². The number of hydrogen-bond donors (Lipinski definition) is 3. The zero-order valence-corrected chi connectivity index (χ0v) is 22.8. The van der Waals surface area contributed by atoms with Crippen molar-refractivity contribution in [2.45, 2.75) is 98.8 Å². The molecule has 0 spiro atoms. The van der Waals surface area contributed by atoms with Crippen molar-refractivity contribution in [3.63, 3.8) is 0 Å². The van der Waals surface area contributed by atoms with Gasteiger partial charge in [-0.05, 0) is 66.4 Å². The molecule has 3 heteroatoms. The minimum atomic E-state index is -0.919. The van der Waals surface area contributed by atoms with E-state index in [1.165, 1.54) is 11.1 Å². The highest BCUT2D eigenvalue weighted by atomic mass is 16.3. The summed E-state index contributed by atoms with van der Waals surface area (Å²) in [5, 5.41) is 11.5. The molecule has 0 heterocycles. The molecule has 0 radical (unpaired) electrons. The maximum atomic E-state index is 11.5. The smallest absolute Gasteiger partial charge is 0.0703 e. The van der Waals surface area contributed by atoms with Crippen molar-refractivity contribution in [1.82, 2.24) is 0 Å². The summed E-state index contributed by atoms with van der Waals surface area (Å²) in [4.78, 5) is 0. The predicted molar refractivity (Wildman–Crippen MR) is 146 cm³/mol. The highest BCUT2D eigenvalue weighted by Crippen LogP contribution is 2.49. The highest BCUT2D eigenvalue weighted by molar-refractivity contribution is 5.20. The van der Waals surface area contributed by atoms with Crippen LogP contribution in [0, 0.1) is 22.2 Å². The molecule has 0 aliphatic rings. The van der Waals surface area contributed by atoms with Gasteiger partial charge in [0, 0.05) is 5.41 Å². The molecule has 2 aromatic carbocycles. The van der Waals surface area contributed by atoms with Gasteiger partial charge in [0.15, 0.2) is 0 Å². The van der Waals surface area contributed by atoms with Gasteiger partial charge < -0.3 is 16.6 Å². The monoisotopic (exact) mass is 466 g/mol. The molecule has 0 amide bonds. The third kappa shape index (κ3) is 9.17. The molecule has 3 unspecified atom stereocenters. The van der Waals surface area contributed by atoms with E-state index in [4.69, 9.17) is 11.5 Å². The van der Waals surface area contributed by atoms with E-state index in [2.05, 4.69) is 97.0 Å². The Labute approximate surface area is 209 Å². The van der Waals surface area contributed by atoms with E-state index in [1.54, 1.807) is 0 Å². The predicted octanol–water partition coefficient (Wildman–Crippen LogP) is 6.72. The second-order valence-electron chi connectivity index (χ2n) is 13.3. The van der Waals surface area contributed by atoms with Crippen molar-refractivity contribution in [2.75, 3.05) is 0 Å². The molecule has 0 saturated carbocycles. The molecule has 0 fully saturated rings. The Morgan fingerprint density at radius 3 is 1.68 bits per heavy atom. The van der Waals surface area contributed by atoms with Crippen LogP contribution in [0.5, 0.6) is 0 Å². The van der Waals surface area contributed by atoms with Crippen LogP contribution in [-0.4, -0.2) is 16.9 Å². The summed E-state index contributed by atoms with van der Waals surface area (Å²) >= 11 is 0. The second-order valence-corrected chi connectivity index (χ2v) is 13.3. The average molecular weight is 467 g/mol. The molecule has 0 aliphatic carbocycles. The van der Waals surface area contributed by atoms with Crippen LogP contribution in [0.2, 0.25) is 0 Å². The third-order valence-corrected chi connectivity index (χ3v) is 6.79. The van der Waals surface area contributed by atoms with Gasteiger partial charge in [-0.3, -0.25) is 0 Å². The summed E-state index contributed by atoms with van der Waals surface area (Å²) in [6, 6.07) is 21.1. The average Bonchev–Trinajstić information content (AvgIpc) is 2.66. The largest absolute Gasteiger partial charge is 0.393 e. The number of nitrogens with two attached hydrogens (primary N) is 2. The molecule has 3 nitrogen and oxygen atoms in total. The molecule has 0 bridgehead atoms. The SMILES string of the molecule is CC(Cc1ccccc1)CC(O)CC(Cc1ccccc1)(CC(C)(C)C)C(N)(N)CC(C)(C)C. The first-order chi connectivity index (χ1) is 15.6. The van der Waals surface area contributed by atoms with E-state index < -0.39 is 17.2 Å². The Hall–Kier alpha value is -1.68. The third-order valence-electron chi connectivity index (χ3n) is 6.79. The summed E-state index contributed by atoms with van der Waals surface area (Å²) in [5.41, 5.74) is 15.4. The molecule has 2 rings (SSSR count). The van der Waals surface area contributed by atoms with Crippen LogP contribution in [0.1, 0.15) is 85.3 Å². The molecule has 190 valence electrons. The lowest BCUT2D eigenvalue weighted by atomic mass is 9.58. The van der Waals surface area contributed by atoms with E-state index in [-0.39, 0.29) is 10.8 Å². The first-order valence-electron chi connectivity index (χ1n) is 12.9. The summed E-state index contributed by atoms with van der Waals surface area (Å²) in [6.07, 6.45) is 4.13. The van der Waals surface area contributed by atoms with Gasteiger partial charge in [0.1, 0.15) is 0 Å². The number of rotatable bonds is 11. The van der Waals surface area contributed by atoms with Crippen molar-refractivity contribution < 1.29 is 5.11 Å². The molecule has 34 heavy (non-hydrogen) atoms. The van der Waals surface area contributed by atoms with Gasteiger partial charge in [0.25, 0.3) is 0 Å². The molecule has 0 aliphatic heterocycles. The highest BCUT2D eigenvalue weighted by Gasteiger charge is 2.50. The normalized spacial score (nSPS) is 16.6. The summed E-state index contributed by atoms with van der Waals surface area (Å²) < 4.78 is 0. The molecular weight excluding hydrogens is 416 g/mol. The lowest BCUT2D eigenvalue weighted by Gasteiger charge is -2.52. The van der Waals surface area contributed by atoms with Crippen LogP contribution in [0.3, 0.4) is 0 Å². The number of aliphatic hydroxyl groups is 1. The van der Waals surface area contributed by atoms with E-state index >= 15 is 0 Å². The van der Waals surface area contributed by atoms with Gasteiger partial charge in [0.2, 0.25) is 0 Å². The van der Waals surface area contributed by atoms with E-state index in [0.717, 1.165) is 25.7 Å². The maximum absolute atomic E-state index is 11.5. The molecule has 2 aromatic rings. The molecular formula is C31H50N2O. The standard InChI is InChI=1S/C31H50N2O/c1-24(18-25-14-10-8-11-15-25)19-27(34)21-30(22-28(2,3)4,20-26-16-12-9-13-17-26)31(32,33)23-29(5,6)7/h8-17,24,27,34H,18-23,32-33H2,1-7H3. The van der Waals surface area contributed by atoms with E-state index in [0.29, 0.717) is 18.8 Å². The minimum absolute atomic E-state index is 0.0190. The van der Waals surface area contributed by atoms with Crippen molar-refractivity contribution in [2.24, 2.45) is 33.6 Å². The van der Waals surface area contributed by atoms with Gasteiger partial charge in [-0.2, -0.15) is 0 Å². The summed E-state index contributed by atoms with van der Waals surface area (Å²) in [5.74, 6) is 0.369. The fraction of sp³-hybridized carbons (Fsp3) is 0.613. The van der Waals surface area contributed by atoms with Crippen LogP contribution < -0.4 is 11.5 Å². The summed E-state index contributed by atoms with van der Waals surface area (Å²) in [6.45, 7) is 15.6. The Kier molecular flexibility index (Phi) is 9.55. The lowest BCUT2D eigenvalue weighted by Crippen LogP contribution is -2.66. The molecule has 5 N–H and O–H groups in total. The maximum Gasteiger partial charge on any atom is 0.0703 e. The Morgan fingerprint density at radius 1 is 0.735 bits per heavy atom. The fourth-order valence-corrected chi connectivity index (χ4v) is 5.89. The van der Waals surface area contributed by atoms with Gasteiger partial charge in [-0.15, -0.1) is 0 Å². The Bertz CT molecular complexity index is 848. The van der Waals surface area contributed by atoms with Crippen LogP contribution in [0.4, 0.5) is 0 Å². The first-order valence-corrected chi connectivity index (χ1v) is 12.9. The zero-order valence-electron chi connectivity index (χ0n) is 22.8. The van der Waals surface area contributed by atoms with Gasteiger partial charge in [-0.25, -0.2) is 0 Å². The van der Waals surface area contributed by atoms with Crippen LogP contribution >= 0.6 is 0 Å². The second kappa shape index (κ2) is 11.4. The summed E-state index contributed by atoms with van der Waals surface area (Å²) in [7, 11) is 0. The quantitative estimate of drug-likeness (QED) is 0.322. The molecule has 0 saturated heterocycles. The van der Waals surface area contributed by atoms with E-state index in [9.17, 15) is 5.11 Å². The zero-order chi connectivity index (χ0) is 25.6. The molecule has 0 aromatic heterocycles. The van der Waals surface area contributed by atoms with Crippen molar-refractivity contribution in [3.8, 4) is 0 Å². The minimum Gasteiger partial charge on any atom is -0.393 e. The topological polar surface area (TPSA) is 72.3 Å². The van der Waals surface area contributed by atoms with Crippen molar-refractivity contribution in [3.05, 3.63) is 71.8 Å². The van der Waals surface area contributed by atoms with Crippen LogP contribution in [0.25, 0.3) is 0 Å². The van der Waals surface area contributed by atoms with Crippen molar-refractivity contribution in [1.29, 1.82) is 0 Å². The first kappa shape index (κ1) is 28.6. The fourth-order valence-electron chi connectivity index (χ4n) is 5.89. The van der Waals surface area contributed by atoms with Gasteiger partial charge in [0.05, 0.1) is 11.8 Å². The van der Waals surface area contributed by atoms with Gasteiger partial charge >= 0.3 is 0 Å². The van der Waals surface area contributed by atoms with Crippen LogP contribution in [0.15, 0.2) is 60.7 Å². The number of aliphatic hydroxyl groups excluding tert-OH is 1. The number of benzene rings is 2. The Morgan fingerprint density at radius 2 is 1.21 bits per heavy atom. The Balaban J connectivity index is 2.37. The number of hydrogen-bond acceptors (Lipinski definition) is 3.